The highest BCUT2D eigenvalue weighted by Gasteiger charge is 2.34. The smallest absolute Gasteiger partial charge is 0.264 e. The summed E-state index contributed by atoms with van der Waals surface area (Å²) in [6, 6.07) is 14.8. The van der Waals surface area contributed by atoms with Crippen molar-refractivity contribution in [2.45, 2.75) is 64.1 Å². The standard InChI is InChI=1S/C30H34Cl2FN3O4S/c1-5-21(4)34-30(38)28(6-2)35(18-22-9-10-23(31)17-27(22)32)29(37)19-36(25-13-11-24(33)12-14-25)41(39,40)26-15-7-20(3)8-16-26/h7-17,21,28H,5-6,18-19H2,1-4H3,(H,34,38)/t21-,28-/m1/s1. The van der Waals surface area contributed by atoms with Gasteiger partial charge in [0.15, 0.2) is 0 Å². The van der Waals surface area contributed by atoms with Crippen LogP contribution in [0, 0.1) is 12.7 Å². The summed E-state index contributed by atoms with van der Waals surface area (Å²) in [6.45, 7) is 6.68. The molecular weight excluding hydrogens is 588 g/mol. The van der Waals surface area contributed by atoms with Crippen LogP contribution in [0.2, 0.25) is 10.0 Å². The normalized spacial score (nSPS) is 12.9. The Labute approximate surface area is 251 Å². The molecule has 3 aromatic rings. The van der Waals surface area contributed by atoms with E-state index in [0.29, 0.717) is 22.0 Å². The average Bonchev–Trinajstić information content (AvgIpc) is 2.93. The van der Waals surface area contributed by atoms with Crippen molar-refractivity contribution in [2.75, 3.05) is 10.8 Å². The molecule has 3 rings (SSSR count). The maximum absolute atomic E-state index is 14.1. The maximum atomic E-state index is 14.1. The van der Waals surface area contributed by atoms with Gasteiger partial charge in [0, 0.05) is 22.6 Å². The number of carbonyl (C=O) groups is 2. The van der Waals surface area contributed by atoms with Gasteiger partial charge in [0.25, 0.3) is 10.0 Å². The number of hydrogen-bond donors (Lipinski definition) is 1. The highest BCUT2D eigenvalue weighted by atomic mass is 35.5. The molecule has 0 aromatic heterocycles. The second-order valence-corrected chi connectivity index (χ2v) is 12.5. The maximum Gasteiger partial charge on any atom is 0.264 e. The van der Waals surface area contributed by atoms with Gasteiger partial charge in [-0.3, -0.25) is 13.9 Å². The van der Waals surface area contributed by atoms with Gasteiger partial charge in [-0.1, -0.05) is 60.8 Å². The highest BCUT2D eigenvalue weighted by molar-refractivity contribution is 7.92. The second-order valence-electron chi connectivity index (χ2n) is 9.80. The minimum absolute atomic E-state index is 0.0333. The van der Waals surface area contributed by atoms with Crippen molar-refractivity contribution in [1.82, 2.24) is 10.2 Å². The molecule has 3 aromatic carbocycles. The molecular formula is C30H34Cl2FN3O4S. The Bertz CT molecular complexity index is 1470. The fraction of sp³-hybridized carbons (Fsp3) is 0.333. The molecule has 0 aliphatic rings. The third-order valence-corrected chi connectivity index (χ3v) is 9.12. The molecule has 1 N–H and O–H groups in total. The van der Waals surface area contributed by atoms with Gasteiger partial charge in [0.1, 0.15) is 18.4 Å². The zero-order chi connectivity index (χ0) is 30.3. The molecule has 0 aliphatic heterocycles. The van der Waals surface area contributed by atoms with E-state index in [0.717, 1.165) is 22.0 Å². The van der Waals surface area contributed by atoms with Crippen LogP contribution < -0.4 is 9.62 Å². The molecule has 0 aliphatic carbocycles. The summed E-state index contributed by atoms with van der Waals surface area (Å²) in [5.41, 5.74) is 1.49. The average molecular weight is 623 g/mol. The zero-order valence-electron chi connectivity index (χ0n) is 23.4. The SMILES string of the molecule is CC[C@@H](C)NC(=O)[C@@H](CC)N(Cc1ccc(Cl)cc1Cl)C(=O)CN(c1ccc(F)cc1)S(=O)(=O)c1ccc(C)cc1. The summed E-state index contributed by atoms with van der Waals surface area (Å²) < 4.78 is 42.4. The van der Waals surface area contributed by atoms with Crippen molar-refractivity contribution in [3.8, 4) is 0 Å². The summed E-state index contributed by atoms with van der Waals surface area (Å²) >= 11 is 12.5. The van der Waals surface area contributed by atoms with Crippen LogP contribution in [0.1, 0.15) is 44.7 Å². The lowest BCUT2D eigenvalue weighted by Gasteiger charge is -2.34. The van der Waals surface area contributed by atoms with Gasteiger partial charge < -0.3 is 10.2 Å². The number of anilines is 1. The zero-order valence-corrected chi connectivity index (χ0v) is 25.7. The first-order valence-electron chi connectivity index (χ1n) is 13.3. The first-order chi connectivity index (χ1) is 19.4. The largest absolute Gasteiger partial charge is 0.352 e. The number of carbonyl (C=O) groups excluding carboxylic acids is 2. The minimum atomic E-state index is -4.26. The van der Waals surface area contributed by atoms with Crippen LogP contribution in [0.25, 0.3) is 0 Å². The number of rotatable bonds is 12. The molecule has 0 bridgehead atoms. The van der Waals surface area contributed by atoms with Crippen molar-refractivity contribution in [2.24, 2.45) is 0 Å². The number of benzene rings is 3. The molecule has 0 saturated heterocycles. The van der Waals surface area contributed by atoms with E-state index in [1.807, 2.05) is 20.8 Å². The summed E-state index contributed by atoms with van der Waals surface area (Å²) in [7, 11) is -4.26. The highest BCUT2D eigenvalue weighted by Crippen LogP contribution is 2.27. The third kappa shape index (κ3) is 8.21. The van der Waals surface area contributed by atoms with E-state index in [1.165, 1.54) is 35.2 Å². The van der Waals surface area contributed by atoms with E-state index in [-0.39, 0.29) is 35.5 Å². The van der Waals surface area contributed by atoms with Gasteiger partial charge in [-0.2, -0.15) is 0 Å². The summed E-state index contributed by atoms with van der Waals surface area (Å²) in [6.07, 6.45) is 0.951. The predicted molar refractivity (Wildman–Crippen MR) is 161 cm³/mol. The second kappa shape index (κ2) is 14.2. The van der Waals surface area contributed by atoms with Crippen LogP contribution in [-0.4, -0.2) is 43.8 Å². The number of amides is 2. The van der Waals surface area contributed by atoms with Gasteiger partial charge in [0.2, 0.25) is 11.8 Å². The van der Waals surface area contributed by atoms with Gasteiger partial charge in [-0.05, 0) is 80.8 Å². The molecule has 7 nitrogen and oxygen atoms in total. The minimum Gasteiger partial charge on any atom is -0.352 e. The molecule has 0 spiro atoms. The summed E-state index contributed by atoms with van der Waals surface area (Å²) in [4.78, 5) is 28.7. The molecule has 220 valence electrons. The van der Waals surface area contributed by atoms with E-state index in [1.54, 1.807) is 31.2 Å². The Balaban J connectivity index is 2.08. The lowest BCUT2D eigenvalue weighted by atomic mass is 10.1. The third-order valence-electron chi connectivity index (χ3n) is 6.75. The van der Waals surface area contributed by atoms with Gasteiger partial charge >= 0.3 is 0 Å². The van der Waals surface area contributed by atoms with Crippen LogP contribution in [0.3, 0.4) is 0 Å². The summed E-state index contributed by atoms with van der Waals surface area (Å²) in [5.74, 6) is -1.56. The molecule has 0 fully saturated rings. The Kier molecular flexibility index (Phi) is 11.2. The Morgan fingerprint density at radius 1 is 0.951 bits per heavy atom. The lowest BCUT2D eigenvalue weighted by Crippen LogP contribution is -2.53. The molecule has 0 unspecified atom stereocenters. The quantitative estimate of drug-likeness (QED) is 0.255. The van der Waals surface area contributed by atoms with Crippen molar-refractivity contribution in [3.05, 3.63) is 93.7 Å². The molecule has 0 saturated carbocycles. The van der Waals surface area contributed by atoms with Gasteiger partial charge in [-0.25, -0.2) is 12.8 Å². The van der Waals surface area contributed by atoms with Crippen LogP contribution in [-0.2, 0) is 26.2 Å². The van der Waals surface area contributed by atoms with Gasteiger partial charge in [0.05, 0.1) is 10.6 Å². The number of sulfonamides is 1. The number of aryl methyl sites for hydroxylation is 1. The fourth-order valence-electron chi connectivity index (χ4n) is 4.17. The van der Waals surface area contributed by atoms with Crippen LogP contribution in [0.15, 0.2) is 71.6 Å². The Morgan fingerprint density at radius 2 is 1.59 bits per heavy atom. The van der Waals surface area contributed by atoms with Crippen molar-refractivity contribution in [3.63, 3.8) is 0 Å². The van der Waals surface area contributed by atoms with E-state index in [4.69, 9.17) is 23.2 Å². The number of nitrogens with one attached hydrogen (secondary N) is 1. The predicted octanol–water partition coefficient (Wildman–Crippen LogP) is 6.36. The van der Waals surface area contributed by atoms with E-state index >= 15 is 0 Å². The van der Waals surface area contributed by atoms with E-state index in [9.17, 15) is 22.4 Å². The lowest BCUT2D eigenvalue weighted by molar-refractivity contribution is -0.140. The number of hydrogen-bond acceptors (Lipinski definition) is 4. The molecule has 2 amide bonds. The van der Waals surface area contributed by atoms with Crippen LogP contribution in [0.5, 0.6) is 0 Å². The Hall–Kier alpha value is -3.14. The first kappa shape index (κ1) is 32.4. The van der Waals surface area contributed by atoms with Crippen molar-refractivity contribution < 1.29 is 22.4 Å². The van der Waals surface area contributed by atoms with E-state index < -0.39 is 34.3 Å². The van der Waals surface area contributed by atoms with Gasteiger partial charge in [-0.15, -0.1) is 0 Å². The molecule has 41 heavy (non-hydrogen) atoms. The topological polar surface area (TPSA) is 86.8 Å². The van der Waals surface area contributed by atoms with E-state index in [2.05, 4.69) is 5.32 Å². The molecule has 0 heterocycles. The number of nitrogens with zero attached hydrogens (tertiary/aromatic N) is 2. The fourth-order valence-corrected chi connectivity index (χ4v) is 6.05. The number of halogens is 3. The molecule has 0 radical (unpaired) electrons. The molecule has 11 heteroatoms. The van der Waals surface area contributed by atoms with Crippen molar-refractivity contribution >= 4 is 50.7 Å². The van der Waals surface area contributed by atoms with Crippen molar-refractivity contribution in [1.29, 1.82) is 0 Å². The molecule has 2 atom stereocenters. The monoisotopic (exact) mass is 621 g/mol. The summed E-state index contributed by atoms with van der Waals surface area (Å²) in [5, 5.41) is 3.63. The van der Waals surface area contributed by atoms with Crippen LogP contribution in [0.4, 0.5) is 10.1 Å². The Morgan fingerprint density at radius 3 is 2.15 bits per heavy atom. The first-order valence-corrected chi connectivity index (χ1v) is 15.5. The van der Waals surface area contributed by atoms with Crippen LogP contribution >= 0.6 is 23.2 Å².